The minimum atomic E-state index is -3.09. The maximum Gasteiger partial charge on any atom is 0.256 e. The van der Waals surface area contributed by atoms with Crippen molar-refractivity contribution in [2.24, 2.45) is 5.92 Å². The number of pyridine rings is 1. The van der Waals surface area contributed by atoms with Crippen molar-refractivity contribution >= 4 is 15.6 Å². The number of aromatic nitrogens is 3. The minimum absolute atomic E-state index is 0.0975. The van der Waals surface area contributed by atoms with E-state index in [0.717, 1.165) is 40.9 Å². The molecular weight excluding hydrogens is 422 g/mol. The van der Waals surface area contributed by atoms with Crippen molar-refractivity contribution in [3.63, 3.8) is 0 Å². The van der Waals surface area contributed by atoms with E-state index in [4.69, 9.17) is 4.78 Å². The van der Waals surface area contributed by atoms with Crippen molar-refractivity contribution < 1.29 is 9.00 Å². The number of rotatable bonds is 5. The zero-order valence-corrected chi connectivity index (χ0v) is 19.5. The molecule has 166 valence electrons. The first-order chi connectivity index (χ1) is 15.1. The van der Waals surface area contributed by atoms with E-state index in [0.29, 0.717) is 34.4 Å². The highest BCUT2D eigenvalue weighted by atomic mass is 32.2. The van der Waals surface area contributed by atoms with Crippen LogP contribution in [0.4, 0.5) is 0 Å². The fourth-order valence-corrected chi connectivity index (χ4v) is 5.44. The minimum Gasteiger partial charge on any atom is -0.341 e. The Kier molecular flexibility index (Phi) is 4.74. The Balaban J connectivity index is 1.61. The number of hydrogen-bond donors (Lipinski definition) is 2. The smallest absolute Gasteiger partial charge is 0.256 e. The highest BCUT2D eigenvalue weighted by Gasteiger charge is 2.40. The van der Waals surface area contributed by atoms with E-state index in [9.17, 15) is 9.00 Å². The van der Waals surface area contributed by atoms with Gasteiger partial charge in [0.05, 0.1) is 25.9 Å². The number of aromatic amines is 1. The first-order valence-electron chi connectivity index (χ1n) is 10.8. The Labute approximate surface area is 188 Å². The molecule has 7 nitrogen and oxygen atoms in total. The lowest BCUT2D eigenvalue weighted by Gasteiger charge is -2.24. The summed E-state index contributed by atoms with van der Waals surface area (Å²) in [6, 6.07) is 7.73. The number of fused-ring (bicyclic) bond motifs is 1. The molecule has 0 saturated heterocycles. The molecule has 1 amide bonds. The Hall–Kier alpha value is -3.00. The van der Waals surface area contributed by atoms with Gasteiger partial charge in [0.1, 0.15) is 5.69 Å². The third-order valence-electron chi connectivity index (χ3n) is 6.68. The van der Waals surface area contributed by atoms with Crippen LogP contribution in [-0.4, -0.2) is 42.3 Å². The molecule has 5 rings (SSSR count). The maximum atomic E-state index is 13.3. The van der Waals surface area contributed by atoms with Crippen molar-refractivity contribution in [3.8, 4) is 22.6 Å². The van der Waals surface area contributed by atoms with Gasteiger partial charge in [-0.1, -0.05) is 0 Å². The van der Waals surface area contributed by atoms with E-state index < -0.39 is 9.73 Å². The number of imidazole rings is 1. The monoisotopic (exact) mass is 449 g/mol. The van der Waals surface area contributed by atoms with Gasteiger partial charge in [-0.3, -0.25) is 9.78 Å². The van der Waals surface area contributed by atoms with Crippen molar-refractivity contribution in [1.29, 1.82) is 4.78 Å². The molecule has 3 aromatic rings. The average Bonchev–Trinajstić information content (AvgIpc) is 3.48. The zero-order valence-electron chi connectivity index (χ0n) is 18.7. The number of H-pyrrole nitrogens is 1. The van der Waals surface area contributed by atoms with Gasteiger partial charge in [0.2, 0.25) is 0 Å². The molecule has 0 radical (unpaired) electrons. The largest absolute Gasteiger partial charge is 0.341 e. The lowest BCUT2D eigenvalue weighted by molar-refractivity contribution is 0.0695. The van der Waals surface area contributed by atoms with Gasteiger partial charge in [-0.15, -0.1) is 0 Å². The van der Waals surface area contributed by atoms with Gasteiger partial charge in [0.25, 0.3) is 5.91 Å². The van der Waals surface area contributed by atoms with Crippen molar-refractivity contribution in [3.05, 3.63) is 53.0 Å². The molecule has 32 heavy (non-hydrogen) atoms. The highest BCUT2D eigenvalue weighted by molar-refractivity contribution is 7.91. The van der Waals surface area contributed by atoms with E-state index in [-0.39, 0.29) is 11.9 Å². The normalized spacial score (nSPS) is 18.5. The van der Waals surface area contributed by atoms with Gasteiger partial charge in [0.15, 0.2) is 5.82 Å². The molecule has 8 heteroatoms. The predicted octanol–water partition coefficient (Wildman–Crippen LogP) is 4.55. The SMILES string of the molecule is Cc1nc(-c2cc(-c3cc4c(c(S(C)(=N)=O)c3)C(=O)N([C@H](C)C3CC3)C4)ccn2)[nH]c1C. The predicted molar refractivity (Wildman–Crippen MR) is 124 cm³/mol. The summed E-state index contributed by atoms with van der Waals surface area (Å²) in [5.41, 5.74) is 5.65. The number of carbonyl (C=O) groups is 1. The molecule has 2 atom stereocenters. The van der Waals surface area contributed by atoms with Crippen molar-refractivity contribution in [1.82, 2.24) is 19.9 Å². The summed E-state index contributed by atoms with van der Waals surface area (Å²) in [5, 5.41) is 0. The zero-order chi connectivity index (χ0) is 22.8. The second-order valence-corrected chi connectivity index (χ2v) is 11.2. The molecule has 1 aliphatic carbocycles. The summed E-state index contributed by atoms with van der Waals surface area (Å²) in [4.78, 5) is 27.7. The molecule has 0 bridgehead atoms. The quantitative estimate of drug-likeness (QED) is 0.597. The van der Waals surface area contributed by atoms with Crippen LogP contribution in [0.5, 0.6) is 0 Å². The first-order valence-corrected chi connectivity index (χ1v) is 12.8. The van der Waals surface area contributed by atoms with Gasteiger partial charge in [-0.25, -0.2) is 14.0 Å². The van der Waals surface area contributed by atoms with Crippen LogP contribution in [-0.2, 0) is 16.3 Å². The van der Waals surface area contributed by atoms with Gasteiger partial charge < -0.3 is 9.88 Å². The van der Waals surface area contributed by atoms with E-state index in [2.05, 4.69) is 21.9 Å². The number of aryl methyl sites for hydroxylation is 2. The topological polar surface area (TPSA) is 103 Å². The Morgan fingerprint density at radius 3 is 2.59 bits per heavy atom. The van der Waals surface area contributed by atoms with Crippen LogP contribution in [0.25, 0.3) is 22.6 Å². The first kappa shape index (κ1) is 20.9. The molecule has 2 aliphatic rings. The van der Waals surface area contributed by atoms with Gasteiger partial charge in [0, 0.05) is 30.7 Å². The Bertz CT molecular complexity index is 1340. The summed E-state index contributed by atoms with van der Waals surface area (Å²) in [6.07, 6.45) is 5.40. The van der Waals surface area contributed by atoms with Gasteiger partial charge in [-0.2, -0.15) is 0 Å². The Morgan fingerprint density at radius 1 is 1.22 bits per heavy atom. The van der Waals surface area contributed by atoms with Gasteiger partial charge in [-0.05, 0) is 80.5 Å². The molecule has 1 aromatic carbocycles. The molecule has 1 aliphatic heterocycles. The lowest BCUT2D eigenvalue weighted by atomic mass is 10.0. The molecule has 1 unspecified atom stereocenters. The average molecular weight is 450 g/mol. The molecule has 1 saturated carbocycles. The van der Waals surface area contributed by atoms with Crippen LogP contribution >= 0.6 is 0 Å². The van der Waals surface area contributed by atoms with E-state index in [1.807, 2.05) is 36.9 Å². The van der Waals surface area contributed by atoms with Crippen LogP contribution in [0.2, 0.25) is 0 Å². The highest BCUT2D eigenvalue weighted by Crippen LogP contribution is 2.41. The van der Waals surface area contributed by atoms with Crippen LogP contribution in [0.1, 0.15) is 47.1 Å². The number of nitrogens with one attached hydrogen (secondary N) is 2. The van der Waals surface area contributed by atoms with Crippen molar-refractivity contribution in [2.45, 2.75) is 51.1 Å². The Morgan fingerprint density at radius 2 is 1.97 bits per heavy atom. The number of hydrogen-bond acceptors (Lipinski definition) is 5. The molecular formula is C24H27N5O2S. The second kappa shape index (κ2) is 7.27. The fraction of sp³-hybridized carbons (Fsp3) is 0.375. The number of benzene rings is 1. The summed E-state index contributed by atoms with van der Waals surface area (Å²) in [5.74, 6) is 1.14. The molecule has 1 fully saturated rings. The van der Waals surface area contributed by atoms with Crippen LogP contribution in [0.15, 0.2) is 35.4 Å². The van der Waals surface area contributed by atoms with Crippen molar-refractivity contribution in [2.75, 3.05) is 6.26 Å². The standard InChI is InChI=1S/C24H27N5O2S/c1-13-14(2)28-23(27-13)20-10-17(7-8-26-20)18-9-19-12-29(15(3)16-5-6-16)24(30)22(19)21(11-18)32(4,25)31/h7-11,15-16,25H,5-6,12H2,1-4H3,(H,27,28)/t15-,32?/m1/s1. The summed E-state index contributed by atoms with van der Waals surface area (Å²) in [7, 11) is -3.09. The molecule has 0 spiro atoms. The third-order valence-corrected chi connectivity index (χ3v) is 7.84. The fourth-order valence-electron chi connectivity index (χ4n) is 4.48. The summed E-state index contributed by atoms with van der Waals surface area (Å²) < 4.78 is 21.2. The number of nitrogens with zero attached hydrogens (tertiary/aromatic N) is 3. The van der Waals surface area contributed by atoms with E-state index in [1.165, 1.54) is 6.26 Å². The lowest BCUT2D eigenvalue weighted by Crippen LogP contribution is -2.35. The van der Waals surface area contributed by atoms with Crippen LogP contribution in [0.3, 0.4) is 0 Å². The summed E-state index contributed by atoms with van der Waals surface area (Å²) >= 11 is 0. The van der Waals surface area contributed by atoms with E-state index in [1.54, 1.807) is 12.3 Å². The second-order valence-electron chi connectivity index (χ2n) is 9.09. The van der Waals surface area contributed by atoms with Crippen LogP contribution in [0, 0.1) is 24.5 Å². The molecule has 2 N–H and O–H groups in total. The maximum absolute atomic E-state index is 13.3. The third kappa shape index (κ3) is 3.52. The number of carbonyl (C=O) groups excluding carboxylic acids is 1. The molecule has 3 heterocycles. The summed E-state index contributed by atoms with van der Waals surface area (Å²) in [6.45, 7) is 6.51. The van der Waals surface area contributed by atoms with E-state index >= 15 is 0 Å². The number of amides is 1. The van der Waals surface area contributed by atoms with Crippen LogP contribution < -0.4 is 0 Å². The molecule has 2 aromatic heterocycles. The van der Waals surface area contributed by atoms with Gasteiger partial charge >= 0.3 is 0 Å².